The Balaban J connectivity index is 2.45. The minimum absolute atomic E-state index is 0.440. The molecule has 0 aliphatic rings. The summed E-state index contributed by atoms with van der Waals surface area (Å²) in [6, 6.07) is 8.22. The lowest BCUT2D eigenvalue weighted by atomic mass is 9.98. The van der Waals surface area contributed by atoms with Crippen LogP contribution in [-0.2, 0) is 6.42 Å². The Morgan fingerprint density at radius 3 is 2.76 bits per heavy atom. The van der Waals surface area contributed by atoms with E-state index in [-0.39, 0.29) is 0 Å². The van der Waals surface area contributed by atoms with Crippen molar-refractivity contribution in [1.29, 1.82) is 0 Å². The molecular formula is C14H18N2O. The van der Waals surface area contributed by atoms with Gasteiger partial charge in [-0.3, -0.25) is 0 Å². The van der Waals surface area contributed by atoms with Crippen LogP contribution in [0.1, 0.15) is 25.0 Å². The molecule has 1 aromatic heterocycles. The van der Waals surface area contributed by atoms with Gasteiger partial charge < -0.3 is 10.3 Å². The summed E-state index contributed by atoms with van der Waals surface area (Å²) in [5.74, 6) is 0.968. The summed E-state index contributed by atoms with van der Waals surface area (Å²) in [5.41, 5.74) is 10.0. The maximum Gasteiger partial charge on any atom is 0.225 e. The Morgan fingerprint density at radius 2 is 2.12 bits per heavy atom. The van der Waals surface area contributed by atoms with Crippen LogP contribution in [0.2, 0.25) is 0 Å². The van der Waals surface area contributed by atoms with Gasteiger partial charge in [0, 0.05) is 11.1 Å². The largest absolute Gasteiger partial charge is 0.367 e. The van der Waals surface area contributed by atoms with E-state index in [4.69, 9.17) is 10.3 Å². The van der Waals surface area contributed by atoms with E-state index >= 15 is 0 Å². The molecule has 2 rings (SSSR count). The van der Waals surface area contributed by atoms with Gasteiger partial charge in [0.05, 0.1) is 0 Å². The standard InChI is InChI=1S/C14H18N2O/c1-9(2)7-12-13(16-17-14(12)15)11-6-4-5-10(3)8-11/h4-6,8-9H,7,15H2,1-3H3. The summed E-state index contributed by atoms with van der Waals surface area (Å²) in [6.07, 6.45) is 0.888. The van der Waals surface area contributed by atoms with Gasteiger partial charge in [0.2, 0.25) is 5.88 Å². The van der Waals surface area contributed by atoms with Crippen LogP contribution in [0.15, 0.2) is 28.8 Å². The van der Waals surface area contributed by atoms with Crippen molar-refractivity contribution in [1.82, 2.24) is 5.16 Å². The molecule has 2 aromatic rings. The van der Waals surface area contributed by atoms with Crippen LogP contribution >= 0.6 is 0 Å². The number of hydrogen-bond donors (Lipinski definition) is 1. The van der Waals surface area contributed by atoms with E-state index in [9.17, 15) is 0 Å². The molecule has 0 radical (unpaired) electrons. The highest BCUT2D eigenvalue weighted by atomic mass is 16.5. The first-order chi connectivity index (χ1) is 8.08. The fourth-order valence-corrected chi connectivity index (χ4v) is 1.95. The Labute approximate surface area is 102 Å². The van der Waals surface area contributed by atoms with Crippen LogP contribution in [0.25, 0.3) is 11.3 Å². The molecule has 0 aliphatic carbocycles. The van der Waals surface area contributed by atoms with Crippen molar-refractivity contribution in [2.45, 2.75) is 27.2 Å². The fourth-order valence-electron chi connectivity index (χ4n) is 1.95. The van der Waals surface area contributed by atoms with Crippen LogP contribution in [0.3, 0.4) is 0 Å². The van der Waals surface area contributed by atoms with Gasteiger partial charge in [-0.05, 0) is 25.3 Å². The van der Waals surface area contributed by atoms with Crippen LogP contribution in [0.5, 0.6) is 0 Å². The predicted octanol–water partition coefficient (Wildman–Crippen LogP) is 3.43. The first-order valence-electron chi connectivity index (χ1n) is 5.89. The van der Waals surface area contributed by atoms with E-state index in [0.717, 1.165) is 23.2 Å². The molecule has 0 bridgehead atoms. The van der Waals surface area contributed by atoms with Crippen molar-refractivity contribution < 1.29 is 4.52 Å². The number of nitrogen functional groups attached to an aromatic ring is 1. The normalized spacial score (nSPS) is 11.1. The average Bonchev–Trinajstić information content (AvgIpc) is 2.60. The maximum atomic E-state index is 5.84. The number of hydrogen-bond acceptors (Lipinski definition) is 3. The summed E-state index contributed by atoms with van der Waals surface area (Å²) in [5, 5.41) is 4.08. The minimum atomic E-state index is 0.440. The van der Waals surface area contributed by atoms with Gasteiger partial charge in [0.15, 0.2) is 0 Å². The molecule has 2 N–H and O–H groups in total. The quantitative estimate of drug-likeness (QED) is 0.878. The zero-order valence-electron chi connectivity index (χ0n) is 10.5. The molecule has 0 saturated heterocycles. The van der Waals surface area contributed by atoms with E-state index < -0.39 is 0 Å². The number of nitrogens with zero attached hydrogens (tertiary/aromatic N) is 1. The molecule has 3 heteroatoms. The van der Waals surface area contributed by atoms with Crippen LogP contribution in [-0.4, -0.2) is 5.16 Å². The van der Waals surface area contributed by atoms with Gasteiger partial charge >= 0.3 is 0 Å². The van der Waals surface area contributed by atoms with Gasteiger partial charge in [-0.25, -0.2) is 0 Å². The van der Waals surface area contributed by atoms with Crippen molar-refractivity contribution in [2.24, 2.45) is 5.92 Å². The molecule has 90 valence electrons. The molecule has 0 saturated carbocycles. The smallest absolute Gasteiger partial charge is 0.225 e. The van der Waals surface area contributed by atoms with Crippen molar-refractivity contribution >= 4 is 5.88 Å². The molecule has 0 spiro atoms. The van der Waals surface area contributed by atoms with Crippen LogP contribution < -0.4 is 5.73 Å². The van der Waals surface area contributed by atoms with Gasteiger partial charge in [0.1, 0.15) is 5.69 Å². The van der Waals surface area contributed by atoms with Gasteiger partial charge in [-0.1, -0.05) is 42.8 Å². The summed E-state index contributed by atoms with van der Waals surface area (Å²) in [7, 11) is 0. The number of anilines is 1. The third-order valence-corrected chi connectivity index (χ3v) is 2.72. The SMILES string of the molecule is Cc1cccc(-c2noc(N)c2CC(C)C)c1. The summed E-state index contributed by atoms with van der Waals surface area (Å²) in [4.78, 5) is 0. The minimum Gasteiger partial charge on any atom is -0.367 e. The van der Waals surface area contributed by atoms with E-state index in [0.29, 0.717) is 11.8 Å². The van der Waals surface area contributed by atoms with Crippen molar-refractivity contribution in [3.05, 3.63) is 35.4 Å². The number of aromatic nitrogens is 1. The highest BCUT2D eigenvalue weighted by Crippen LogP contribution is 2.29. The van der Waals surface area contributed by atoms with Gasteiger partial charge in [-0.15, -0.1) is 0 Å². The average molecular weight is 230 g/mol. The molecule has 0 unspecified atom stereocenters. The lowest BCUT2D eigenvalue weighted by Crippen LogP contribution is -1.98. The Kier molecular flexibility index (Phi) is 3.18. The van der Waals surface area contributed by atoms with E-state index in [1.165, 1.54) is 5.56 Å². The van der Waals surface area contributed by atoms with Crippen molar-refractivity contribution in [2.75, 3.05) is 5.73 Å². The number of aryl methyl sites for hydroxylation is 1. The third kappa shape index (κ3) is 2.49. The van der Waals surface area contributed by atoms with E-state index in [1.807, 2.05) is 12.1 Å². The Bertz CT molecular complexity index is 515. The topological polar surface area (TPSA) is 52.0 Å². The lowest BCUT2D eigenvalue weighted by Gasteiger charge is -2.05. The first-order valence-corrected chi connectivity index (χ1v) is 5.89. The molecule has 17 heavy (non-hydrogen) atoms. The molecule has 3 nitrogen and oxygen atoms in total. The number of benzene rings is 1. The second-order valence-electron chi connectivity index (χ2n) is 4.84. The molecule has 0 aliphatic heterocycles. The zero-order chi connectivity index (χ0) is 12.4. The second kappa shape index (κ2) is 4.62. The zero-order valence-corrected chi connectivity index (χ0v) is 10.5. The predicted molar refractivity (Wildman–Crippen MR) is 69.6 cm³/mol. The Hall–Kier alpha value is -1.77. The monoisotopic (exact) mass is 230 g/mol. The van der Waals surface area contributed by atoms with E-state index in [1.54, 1.807) is 0 Å². The maximum absolute atomic E-state index is 5.84. The lowest BCUT2D eigenvalue weighted by molar-refractivity contribution is 0.438. The summed E-state index contributed by atoms with van der Waals surface area (Å²) >= 11 is 0. The summed E-state index contributed by atoms with van der Waals surface area (Å²) < 4.78 is 5.12. The highest BCUT2D eigenvalue weighted by molar-refractivity contribution is 5.67. The number of rotatable bonds is 3. The van der Waals surface area contributed by atoms with E-state index in [2.05, 4.69) is 38.1 Å². The highest BCUT2D eigenvalue weighted by Gasteiger charge is 2.16. The molecule has 0 atom stereocenters. The Morgan fingerprint density at radius 1 is 1.35 bits per heavy atom. The fraction of sp³-hybridized carbons (Fsp3) is 0.357. The molecular weight excluding hydrogens is 212 g/mol. The van der Waals surface area contributed by atoms with Gasteiger partial charge in [-0.2, -0.15) is 0 Å². The molecule has 0 fully saturated rings. The third-order valence-electron chi connectivity index (χ3n) is 2.72. The first kappa shape index (κ1) is 11.7. The molecule has 1 heterocycles. The van der Waals surface area contributed by atoms with Crippen LogP contribution in [0, 0.1) is 12.8 Å². The van der Waals surface area contributed by atoms with Gasteiger partial charge in [0.25, 0.3) is 0 Å². The number of nitrogens with two attached hydrogens (primary N) is 1. The summed E-state index contributed by atoms with van der Waals surface area (Å²) in [6.45, 7) is 6.38. The molecule has 0 amide bonds. The molecule has 1 aromatic carbocycles. The van der Waals surface area contributed by atoms with Crippen LogP contribution in [0.4, 0.5) is 5.88 Å². The van der Waals surface area contributed by atoms with Crippen molar-refractivity contribution in [3.63, 3.8) is 0 Å². The van der Waals surface area contributed by atoms with Crippen molar-refractivity contribution in [3.8, 4) is 11.3 Å². The second-order valence-corrected chi connectivity index (χ2v) is 4.84.